The highest BCUT2D eigenvalue weighted by atomic mass is 32.2. The van der Waals surface area contributed by atoms with Gasteiger partial charge in [-0.3, -0.25) is 4.55 Å². The number of aromatic hydroxyl groups is 1. The highest BCUT2D eigenvalue weighted by molar-refractivity contribution is 7.86. The summed E-state index contributed by atoms with van der Waals surface area (Å²) >= 11 is 0. The number of phenols is 1. The summed E-state index contributed by atoms with van der Waals surface area (Å²) in [5, 5.41) is 19.7. The molecule has 6 nitrogen and oxygen atoms in total. The van der Waals surface area contributed by atoms with Crippen LogP contribution in [-0.2, 0) is 10.1 Å². The van der Waals surface area contributed by atoms with Crippen molar-refractivity contribution in [2.75, 3.05) is 0 Å². The van der Waals surface area contributed by atoms with Gasteiger partial charge in [-0.25, -0.2) is 0 Å². The van der Waals surface area contributed by atoms with Crippen molar-refractivity contribution in [1.29, 1.82) is 0 Å². The number of benzene rings is 3. The molecule has 0 unspecified atom stereocenters. The van der Waals surface area contributed by atoms with Crippen LogP contribution in [0.1, 0.15) is 16.7 Å². The molecule has 0 heterocycles. The van der Waals surface area contributed by atoms with Crippen LogP contribution >= 0.6 is 0 Å². The summed E-state index contributed by atoms with van der Waals surface area (Å²) in [4.78, 5) is -0.592. The predicted octanol–water partition coefficient (Wildman–Crippen LogP) is 5.13. The van der Waals surface area contributed by atoms with Crippen LogP contribution in [0.3, 0.4) is 0 Å². The van der Waals surface area contributed by atoms with Crippen molar-refractivity contribution < 1.29 is 18.1 Å². The van der Waals surface area contributed by atoms with Crippen LogP contribution in [0.5, 0.6) is 5.75 Å². The topological polar surface area (TPSA) is 99.3 Å². The molecule has 3 aromatic carbocycles. The largest absolute Gasteiger partial charge is 0.504 e. The average Bonchev–Trinajstić information content (AvgIpc) is 2.54. The maximum absolute atomic E-state index is 11.6. The zero-order valence-corrected chi connectivity index (χ0v) is 15.4. The first-order chi connectivity index (χ1) is 12.2. The third kappa shape index (κ3) is 3.44. The Kier molecular flexibility index (Phi) is 4.52. The lowest BCUT2D eigenvalue weighted by Crippen LogP contribution is -1.99. The molecule has 3 aromatic rings. The van der Waals surface area contributed by atoms with Crippen molar-refractivity contribution in [2.24, 2.45) is 10.2 Å². The Bertz CT molecular complexity index is 1150. The standard InChI is InChI=1S/C19H18N2O4S/c1-11-5-7-16(13(3)8-11)20-21-18-15-6-4-12(2)9-14(15)10-17(19(18)22)26(23,24)25/h4-10,22H,1-3H3,(H,23,24,25)/b21-20+. The highest BCUT2D eigenvalue weighted by Gasteiger charge is 2.21. The van der Waals surface area contributed by atoms with Gasteiger partial charge in [0.1, 0.15) is 10.6 Å². The fourth-order valence-electron chi connectivity index (χ4n) is 2.79. The van der Waals surface area contributed by atoms with E-state index in [0.717, 1.165) is 16.7 Å². The first-order valence-corrected chi connectivity index (χ1v) is 9.33. The van der Waals surface area contributed by atoms with Gasteiger partial charge in [0.2, 0.25) is 0 Å². The van der Waals surface area contributed by atoms with E-state index in [2.05, 4.69) is 10.2 Å². The van der Waals surface area contributed by atoms with Crippen LogP contribution in [0.15, 0.2) is 57.6 Å². The van der Waals surface area contributed by atoms with Crippen LogP contribution in [-0.4, -0.2) is 18.1 Å². The Labute approximate surface area is 151 Å². The SMILES string of the molecule is Cc1ccc(/N=N/c2c(O)c(S(=O)(=O)O)cc3cc(C)ccc23)c(C)c1. The van der Waals surface area contributed by atoms with Crippen LogP contribution in [0, 0.1) is 20.8 Å². The molecule has 0 aromatic heterocycles. The van der Waals surface area contributed by atoms with Gasteiger partial charge in [-0.1, -0.05) is 41.5 Å². The van der Waals surface area contributed by atoms with E-state index in [4.69, 9.17) is 0 Å². The van der Waals surface area contributed by atoms with Gasteiger partial charge >= 0.3 is 0 Å². The third-order valence-corrected chi connectivity index (χ3v) is 4.96. The second-order valence-corrected chi connectivity index (χ2v) is 7.65. The van der Waals surface area contributed by atoms with Crippen LogP contribution < -0.4 is 0 Å². The third-order valence-electron chi connectivity index (χ3n) is 4.09. The minimum Gasteiger partial charge on any atom is -0.504 e. The summed E-state index contributed by atoms with van der Waals surface area (Å²) in [6, 6.07) is 12.2. The van der Waals surface area contributed by atoms with E-state index in [1.807, 2.05) is 39.0 Å². The molecule has 3 rings (SSSR count). The fraction of sp³-hybridized carbons (Fsp3) is 0.158. The molecule has 2 N–H and O–H groups in total. The monoisotopic (exact) mass is 370 g/mol. The van der Waals surface area contributed by atoms with Gasteiger partial charge in [0.05, 0.1) is 5.69 Å². The molecule has 0 spiro atoms. The maximum Gasteiger partial charge on any atom is 0.298 e. The van der Waals surface area contributed by atoms with E-state index in [9.17, 15) is 18.1 Å². The molecule has 0 atom stereocenters. The minimum absolute atomic E-state index is 0.00454. The Morgan fingerprint density at radius 1 is 0.885 bits per heavy atom. The first-order valence-electron chi connectivity index (χ1n) is 7.89. The number of fused-ring (bicyclic) bond motifs is 1. The Hall–Kier alpha value is -2.77. The second kappa shape index (κ2) is 6.51. The normalized spacial score (nSPS) is 12.2. The lowest BCUT2D eigenvalue weighted by Gasteiger charge is -2.09. The molecule has 134 valence electrons. The summed E-state index contributed by atoms with van der Waals surface area (Å²) < 4.78 is 32.7. The predicted molar refractivity (Wildman–Crippen MR) is 100 cm³/mol. The fourth-order valence-corrected chi connectivity index (χ4v) is 3.41. The smallest absolute Gasteiger partial charge is 0.298 e. The van der Waals surface area contributed by atoms with Crippen molar-refractivity contribution in [3.63, 3.8) is 0 Å². The van der Waals surface area contributed by atoms with E-state index >= 15 is 0 Å². The lowest BCUT2D eigenvalue weighted by atomic mass is 10.1. The highest BCUT2D eigenvalue weighted by Crippen LogP contribution is 2.41. The zero-order valence-electron chi connectivity index (χ0n) is 14.6. The molecule has 0 aliphatic heterocycles. The molecule has 7 heteroatoms. The van der Waals surface area contributed by atoms with Gasteiger partial charge in [-0.15, -0.1) is 5.11 Å². The average molecular weight is 370 g/mol. The van der Waals surface area contributed by atoms with Crippen molar-refractivity contribution in [3.8, 4) is 5.75 Å². The second-order valence-electron chi connectivity index (χ2n) is 6.26. The summed E-state index contributed by atoms with van der Waals surface area (Å²) in [6.07, 6.45) is 0. The molecule has 0 saturated carbocycles. The van der Waals surface area contributed by atoms with Gasteiger partial charge in [0.15, 0.2) is 5.75 Å². The molecule has 0 radical (unpaired) electrons. The van der Waals surface area contributed by atoms with Crippen LogP contribution in [0.4, 0.5) is 11.4 Å². The molecular weight excluding hydrogens is 352 g/mol. The summed E-state index contributed by atoms with van der Waals surface area (Å²) in [5.74, 6) is -0.627. The molecule has 0 fully saturated rings. The zero-order chi connectivity index (χ0) is 19.1. The van der Waals surface area contributed by atoms with Crippen LogP contribution in [0.25, 0.3) is 10.8 Å². The molecule has 26 heavy (non-hydrogen) atoms. The van der Waals surface area contributed by atoms with E-state index in [1.54, 1.807) is 18.2 Å². The van der Waals surface area contributed by atoms with Crippen molar-refractivity contribution in [3.05, 3.63) is 59.2 Å². The number of phenolic OH excluding ortho intramolecular Hbond substituents is 1. The number of hydrogen-bond acceptors (Lipinski definition) is 5. The molecule has 0 saturated heterocycles. The Morgan fingerprint density at radius 2 is 1.54 bits per heavy atom. The van der Waals surface area contributed by atoms with Crippen molar-refractivity contribution in [2.45, 2.75) is 25.7 Å². The summed E-state index contributed by atoms with van der Waals surface area (Å²) in [6.45, 7) is 5.71. The molecule has 0 aliphatic carbocycles. The molecule has 0 bridgehead atoms. The Balaban J connectivity index is 2.26. The lowest BCUT2D eigenvalue weighted by molar-refractivity contribution is 0.445. The van der Waals surface area contributed by atoms with Crippen molar-refractivity contribution >= 4 is 32.3 Å². The number of nitrogens with zero attached hydrogens (tertiary/aromatic N) is 2. The number of aryl methyl sites for hydroxylation is 3. The van der Waals surface area contributed by atoms with Gasteiger partial charge in [-0.05, 0) is 43.9 Å². The van der Waals surface area contributed by atoms with Gasteiger partial charge in [0.25, 0.3) is 10.1 Å². The van der Waals surface area contributed by atoms with Gasteiger partial charge in [0, 0.05) is 5.39 Å². The quantitative estimate of drug-likeness (QED) is 0.493. The van der Waals surface area contributed by atoms with Crippen LogP contribution in [0.2, 0.25) is 0 Å². The van der Waals surface area contributed by atoms with E-state index in [-0.39, 0.29) is 5.69 Å². The molecular formula is C19H18N2O4S. The van der Waals surface area contributed by atoms with E-state index in [0.29, 0.717) is 16.5 Å². The molecule has 0 aliphatic rings. The first kappa shape index (κ1) is 18.0. The number of azo groups is 1. The number of rotatable bonds is 3. The van der Waals surface area contributed by atoms with Gasteiger partial charge in [-0.2, -0.15) is 13.5 Å². The molecule has 0 amide bonds. The summed E-state index contributed by atoms with van der Waals surface area (Å²) in [7, 11) is -4.61. The van der Waals surface area contributed by atoms with Gasteiger partial charge < -0.3 is 5.11 Å². The Morgan fingerprint density at radius 3 is 2.19 bits per heavy atom. The van der Waals surface area contributed by atoms with Crippen molar-refractivity contribution in [1.82, 2.24) is 0 Å². The van der Waals surface area contributed by atoms with E-state index < -0.39 is 20.8 Å². The maximum atomic E-state index is 11.6. The minimum atomic E-state index is -4.61. The number of hydrogen-bond donors (Lipinski definition) is 2. The van der Waals surface area contributed by atoms with E-state index in [1.165, 1.54) is 6.07 Å². The summed E-state index contributed by atoms with van der Waals surface area (Å²) in [5.41, 5.74) is 3.49.